The summed E-state index contributed by atoms with van der Waals surface area (Å²) in [6.45, 7) is 11.5. The Morgan fingerprint density at radius 2 is 1.94 bits per heavy atom. The molecule has 31 heavy (non-hydrogen) atoms. The van der Waals surface area contributed by atoms with E-state index >= 15 is 0 Å². The molecule has 3 rings (SSSR count). The molecule has 1 aliphatic heterocycles. The third kappa shape index (κ3) is 6.11. The molecule has 0 aromatic carbocycles. The monoisotopic (exact) mass is 448 g/mol. The first kappa shape index (κ1) is 22.9. The number of anilines is 3. The van der Waals surface area contributed by atoms with Gasteiger partial charge < -0.3 is 20.1 Å². The van der Waals surface area contributed by atoms with Crippen molar-refractivity contribution in [1.82, 2.24) is 19.9 Å². The summed E-state index contributed by atoms with van der Waals surface area (Å²) in [5.74, 6) is 0.801. The lowest BCUT2D eigenvalue weighted by molar-refractivity contribution is -0.141. The number of nitrogens with zero attached hydrogens (tertiary/aromatic N) is 5. The van der Waals surface area contributed by atoms with Gasteiger partial charge in [0.05, 0.1) is 5.69 Å². The first-order valence-electron chi connectivity index (χ1n) is 10.2. The van der Waals surface area contributed by atoms with Crippen molar-refractivity contribution in [2.75, 3.05) is 49.5 Å². The quantitative estimate of drug-likeness (QED) is 0.583. The molecule has 0 unspecified atom stereocenters. The van der Waals surface area contributed by atoms with Crippen molar-refractivity contribution in [3.05, 3.63) is 22.5 Å². The van der Waals surface area contributed by atoms with Gasteiger partial charge in [-0.2, -0.15) is 0 Å². The number of hydrogen-bond acceptors (Lipinski definition) is 10. The molecule has 168 valence electrons. The molecule has 0 spiro atoms. The summed E-state index contributed by atoms with van der Waals surface area (Å²) in [6.07, 6.45) is 0. The molecule has 2 aromatic heterocycles. The Morgan fingerprint density at radius 1 is 1.23 bits per heavy atom. The van der Waals surface area contributed by atoms with E-state index in [1.807, 2.05) is 26.8 Å². The van der Waals surface area contributed by atoms with E-state index in [2.05, 4.69) is 30.1 Å². The molecule has 2 N–H and O–H groups in total. The summed E-state index contributed by atoms with van der Waals surface area (Å²) in [4.78, 5) is 40.6. The maximum Gasteiger partial charge on any atom is 0.347 e. The number of carbonyl (C=O) groups is 2. The van der Waals surface area contributed by atoms with Crippen molar-refractivity contribution in [2.24, 2.45) is 0 Å². The molecule has 0 radical (unpaired) electrons. The zero-order valence-electron chi connectivity index (χ0n) is 18.2. The number of esters is 1. The highest BCUT2D eigenvalue weighted by Crippen LogP contribution is 2.30. The number of thiazole rings is 1. The minimum absolute atomic E-state index is 0.0118. The molecule has 2 aromatic rings. The molecular formula is C20H28N6O4S. The molecule has 0 amide bonds. The van der Waals surface area contributed by atoms with Gasteiger partial charge in [-0.25, -0.2) is 19.7 Å². The molecular weight excluding hydrogens is 420 g/mol. The number of carboxylic acids is 1. The van der Waals surface area contributed by atoms with E-state index in [-0.39, 0.29) is 16.8 Å². The van der Waals surface area contributed by atoms with Crippen LogP contribution < -0.4 is 10.2 Å². The fourth-order valence-corrected chi connectivity index (χ4v) is 4.30. The standard InChI is InChI=1S/C20H28N6O4S/c1-12(2)17-18(19(28)29)31-20(24-17)23-15-11-16(22-13(3)21-15)26-7-5-25(6-8-26)9-10-30-14(4)27/h11-12H,5-10H2,1-4H3,(H,28,29)(H,21,22,23,24). The van der Waals surface area contributed by atoms with Crippen LogP contribution in [0.5, 0.6) is 0 Å². The van der Waals surface area contributed by atoms with E-state index in [4.69, 9.17) is 4.74 Å². The van der Waals surface area contributed by atoms with Crippen LogP contribution in [0.25, 0.3) is 0 Å². The molecule has 10 nitrogen and oxygen atoms in total. The van der Waals surface area contributed by atoms with Gasteiger partial charge in [0.25, 0.3) is 0 Å². The highest BCUT2D eigenvalue weighted by molar-refractivity contribution is 7.17. The number of aryl methyl sites for hydroxylation is 1. The predicted octanol–water partition coefficient (Wildman–Crippen LogP) is 2.49. The van der Waals surface area contributed by atoms with Gasteiger partial charge in [-0.15, -0.1) is 0 Å². The summed E-state index contributed by atoms with van der Waals surface area (Å²) in [7, 11) is 0. The van der Waals surface area contributed by atoms with Gasteiger partial charge >= 0.3 is 11.9 Å². The largest absolute Gasteiger partial charge is 0.477 e. The van der Waals surface area contributed by atoms with E-state index in [1.54, 1.807) is 0 Å². The zero-order chi connectivity index (χ0) is 22.5. The van der Waals surface area contributed by atoms with Crippen LogP contribution in [0.3, 0.4) is 0 Å². The van der Waals surface area contributed by atoms with Gasteiger partial charge in [-0.3, -0.25) is 9.69 Å². The van der Waals surface area contributed by atoms with Crippen LogP contribution in [-0.2, 0) is 9.53 Å². The van der Waals surface area contributed by atoms with Gasteiger partial charge in [0.1, 0.15) is 28.9 Å². The second-order valence-electron chi connectivity index (χ2n) is 7.65. The number of aromatic nitrogens is 3. The van der Waals surface area contributed by atoms with Gasteiger partial charge in [0, 0.05) is 45.7 Å². The number of aromatic carboxylic acids is 1. The van der Waals surface area contributed by atoms with Crippen LogP contribution in [0.4, 0.5) is 16.8 Å². The van der Waals surface area contributed by atoms with Crippen molar-refractivity contribution in [3.8, 4) is 0 Å². The Balaban J connectivity index is 1.67. The number of ether oxygens (including phenoxy) is 1. The fourth-order valence-electron chi connectivity index (χ4n) is 3.34. The molecule has 0 saturated carbocycles. The summed E-state index contributed by atoms with van der Waals surface area (Å²) in [5, 5.41) is 13.1. The lowest BCUT2D eigenvalue weighted by Crippen LogP contribution is -2.47. The van der Waals surface area contributed by atoms with Gasteiger partial charge in [0.2, 0.25) is 0 Å². The molecule has 3 heterocycles. The molecule has 0 atom stereocenters. The molecule has 0 bridgehead atoms. The Labute approximate surface area is 185 Å². The SMILES string of the molecule is CC(=O)OCCN1CCN(c2cc(Nc3nc(C(C)C)c(C(=O)O)s3)nc(C)n2)CC1. The summed E-state index contributed by atoms with van der Waals surface area (Å²) in [5.41, 5.74) is 0.566. The van der Waals surface area contributed by atoms with Crippen LogP contribution >= 0.6 is 11.3 Å². The Morgan fingerprint density at radius 3 is 2.52 bits per heavy atom. The minimum Gasteiger partial charge on any atom is -0.477 e. The minimum atomic E-state index is -0.972. The summed E-state index contributed by atoms with van der Waals surface area (Å²) < 4.78 is 5.02. The van der Waals surface area contributed by atoms with Gasteiger partial charge in [-0.05, 0) is 12.8 Å². The second-order valence-corrected chi connectivity index (χ2v) is 8.64. The summed E-state index contributed by atoms with van der Waals surface area (Å²) >= 11 is 1.11. The van der Waals surface area contributed by atoms with Crippen molar-refractivity contribution in [1.29, 1.82) is 0 Å². The zero-order valence-corrected chi connectivity index (χ0v) is 19.0. The predicted molar refractivity (Wildman–Crippen MR) is 119 cm³/mol. The van der Waals surface area contributed by atoms with Crippen LogP contribution in [0.1, 0.15) is 47.9 Å². The van der Waals surface area contributed by atoms with E-state index < -0.39 is 5.97 Å². The molecule has 1 aliphatic rings. The number of rotatable bonds is 8. The number of carbonyl (C=O) groups excluding carboxylic acids is 1. The topological polar surface area (TPSA) is 121 Å². The van der Waals surface area contributed by atoms with Crippen LogP contribution in [-0.4, -0.2) is 76.2 Å². The first-order chi connectivity index (χ1) is 14.7. The lowest BCUT2D eigenvalue weighted by atomic mass is 10.1. The van der Waals surface area contributed by atoms with Crippen molar-refractivity contribution in [3.63, 3.8) is 0 Å². The number of piperazine rings is 1. The van der Waals surface area contributed by atoms with E-state index in [0.717, 1.165) is 49.9 Å². The lowest BCUT2D eigenvalue weighted by Gasteiger charge is -2.35. The third-order valence-electron chi connectivity index (χ3n) is 4.86. The van der Waals surface area contributed by atoms with Crippen LogP contribution in [0.15, 0.2) is 6.07 Å². The van der Waals surface area contributed by atoms with Crippen LogP contribution in [0, 0.1) is 6.92 Å². The van der Waals surface area contributed by atoms with Crippen molar-refractivity contribution in [2.45, 2.75) is 33.6 Å². The molecule has 11 heteroatoms. The maximum absolute atomic E-state index is 11.5. The molecule has 1 saturated heterocycles. The number of hydrogen-bond donors (Lipinski definition) is 2. The van der Waals surface area contributed by atoms with E-state index in [1.165, 1.54) is 6.92 Å². The first-order valence-corrected chi connectivity index (χ1v) is 11.0. The van der Waals surface area contributed by atoms with Crippen molar-refractivity contribution >= 4 is 40.0 Å². The highest BCUT2D eigenvalue weighted by Gasteiger charge is 2.21. The third-order valence-corrected chi connectivity index (χ3v) is 5.84. The van der Waals surface area contributed by atoms with E-state index in [0.29, 0.717) is 29.1 Å². The van der Waals surface area contributed by atoms with Gasteiger partial charge in [0.15, 0.2) is 5.13 Å². The van der Waals surface area contributed by atoms with Crippen LogP contribution in [0.2, 0.25) is 0 Å². The molecule has 0 aliphatic carbocycles. The average Bonchev–Trinajstić information content (AvgIpc) is 3.12. The smallest absolute Gasteiger partial charge is 0.347 e. The highest BCUT2D eigenvalue weighted by atomic mass is 32.1. The normalized spacial score (nSPS) is 14.7. The van der Waals surface area contributed by atoms with Gasteiger partial charge in [-0.1, -0.05) is 25.2 Å². The fraction of sp³-hybridized carbons (Fsp3) is 0.550. The number of nitrogens with one attached hydrogen (secondary N) is 1. The Hall–Kier alpha value is -2.79. The van der Waals surface area contributed by atoms with E-state index in [9.17, 15) is 14.7 Å². The Bertz CT molecular complexity index is 940. The molecule has 1 fully saturated rings. The Kier molecular flexibility index (Phi) is 7.39. The van der Waals surface area contributed by atoms with Crippen molar-refractivity contribution < 1.29 is 19.4 Å². The average molecular weight is 449 g/mol. The summed E-state index contributed by atoms with van der Waals surface area (Å²) in [6, 6.07) is 1.86. The maximum atomic E-state index is 11.5. The number of carboxylic acid groups (broad SMARTS) is 1. The second kappa shape index (κ2) is 10.0.